The zero-order valence-electron chi connectivity index (χ0n) is 9.34. The zero-order chi connectivity index (χ0) is 12.6. The fraction of sp³-hybridized carbons (Fsp3) is 0.900. The average molecular weight is 239 g/mol. The third-order valence-corrected chi connectivity index (χ3v) is 3.53. The highest BCUT2D eigenvalue weighted by Crippen LogP contribution is 2.42. The number of carboxylic acids is 1. The minimum atomic E-state index is -4.20. The van der Waals surface area contributed by atoms with Crippen LogP contribution in [0.1, 0.15) is 25.7 Å². The Morgan fingerprint density at radius 3 is 2.00 bits per heavy atom. The van der Waals surface area contributed by atoms with Crippen LogP contribution in [0.2, 0.25) is 0 Å². The van der Waals surface area contributed by atoms with Crippen LogP contribution in [0, 0.1) is 5.92 Å². The van der Waals surface area contributed by atoms with Gasteiger partial charge in [-0.15, -0.1) is 0 Å². The van der Waals surface area contributed by atoms with E-state index in [2.05, 4.69) is 0 Å². The molecule has 0 atom stereocenters. The number of carbonyl (C=O) groups is 1. The molecule has 1 aliphatic carbocycles. The number of aliphatic carboxylic acids is 1. The van der Waals surface area contributed by atoms with Gasteiger partial charge >= 0.3 is 12.1 Å². The predicted octanol–water partition coefficient (Wildman–Crippen LogP) is 2.12. The van der Waals surface area contributed by atoms with Crippen molar-refractivity contribution in [1.82, 2.24) is 4.90 Å². The van der Waals surface area contributed by atoms with Crippen LogP contribution in [-0.2, 0) is 4.79 Å². The topological polar surface area (TPSA) is 40.5 Å². The average Bonchev–Trinajstić information content (AvgIpc) is 2.15. The maximum Gasteiger partial charge on any atom is 0.391 e. The Labute approximate surface area is 92.2 Å². The first-order valence-electron chi connectivity index (χ1n) is 5.17. The van der Waals surface area contributed by atoms with Gasteiger partial charge in [0.25, 0.3) is 0 Å². The molecule has 0 unspecified atom stereocenters. The molecule has 0 heterocycles. The van der Waals surface area contributed by atoms with Gasteiger partial charge in [0.05, 0.1) is 5.92 Å². The van der Waals surface area contributed by atoms with E-state index in [0.29, 0.717) is 0 Å². The standard InChI is InChI=1S/C10H16F3NO2/c1-14(2)9(8(15)16)5-3-7(4-6-9)10(11,12)13/h7H,3-6H2,1-2H3,(H,15,16). The minimum absolute atomic E-state index is 0.0551. The first-order chi connectivity index (χ1) is 7.20. The molecule has 0 aromatic rings. The number of halogens is 3. The minimum Gasteiger partial charge on any atom is -0.480 e. The van der Waals surface area contributed by atoms with Crippen molar-refractivity contribution in [1.29, 1.82) is 0 Å². The highest BCUT2D eigenvalue weighted by atomic mass is 19.4. The third kappa shape index (κ3) is 2.31. The lowest BCUT2D eigenvalue weighted by Gasteiger charge is -2.41. The summed E-state index contributed by atoms with van der Waals surface area (Å²) < 4.78 is 37.3. The molecule has 1 rings (SSSR count). The Morgan fingerprint density at radius 1 is 1.31 bits per heavy atom. The van der Waals surface area contributed by atoms with Crippen LogP contribution in [0.15, 0.2) is 0 Å². The molecule has 3 nitrogen and oxygen atoms in total. The zero-order valence-corrected chi connectivity index (χ0v) is 9.34. The largest absolute Gasteiger partial charge is 0.480 e. The van der Waals surface area contributed by atoms with Crippen molar-refractivity contribution in [3.05, 3.63) is 0 Å². The van der Waals surface area contributed by atoms with Gasteiger partial charge in [0.1, 0.15) is 5.54 Å². The van der Waals surface area contributed by atoms with Crippen LogP contribution in [0.3, 0.4) is 0 Å². The normalized spacial score (nSPS) is 31.8. The molecule has 1 fully saturated rings. The lowest BCUT2D eigenvalue weighted by atomic mass is 9.75. The van der Waals surface area contributed by atoms with Crippen molar-refractivity contribution in [2.24, 2.45) is 5.92 Å². The third-order valence-electron chi connectivity index (χ3n) is 3.53. The first-order valence-corrected chi connectivity index (χ1v) is 5.17. The summed E-state index contributed by atoms with van der Waals surface area (Å²) in [5, 5.41) is 9.13. The van der Waals surface area contributed by atoms with E-state index in [1.54, 1.807) is 14.1 Å². The van der Waals surface area contributed by atoms with E-state index in [0.717, 1.165) is 0 Å². The summed E-state index contributed by atoms with van der Waals surface area (Å²) in [7, 11) is 3.20. The first kappa shape index (κ1) is 13.3. The number of hydrogen-bond acceptors (Lipinski definition) is 2. The van der Waals surface area contributed by atoms with Crippen LogP contribution in [0.5, 0.6) is 0 Å². The van der Waals surface area contributed by atoms with E-state index in [1.165, 1.54) is 4.90 Å². The van der Waals surface area contributed by atoms with Crippen molar-refractivity contribution < 1.29 is 23.1 Å². The molecule has 16 heavy (non-hydrogen) atoms. The molecule has 0 aromatic heterocycles. The Bertz CT molecular complexity index is 268. The van der Waals surface area contributed by atoms with Gasteiger partial charge in [0.15, 0.2) is 0 Å². The quantitative estimate of drug-likeness (QED) is 0.802. The Hall–Kier alpha value is -0.780. The fourth-order valence-electron chi connectivity index (χ4n) is 2.28. The van der Waals surface area contributed by atoms with Gasteiger partial charge < -0.3 is 5.11 Å². The summed E-state index contributed by atoms with van der Waals surface area (Å²) in [4.78, 5) is 12.7. The molecule has 0 aromatic carbocycles. The van der Waals surface area contributed by atoms with Crippen molar-refractivity contribution in [2.45, 2.75) is 37.4 Å². The molecule has 0 bridgehead atoms. The fourth-order valence-corrected chi connectivity index (χ4v) is 2.28. The number of hydrogen-bond donors (Lipinski definition) is 1. The summed E-state index contributed by atoms with van der Waals surface area (Å²) in [6.07, 6.45) is -4.29. The van der Waals surface area contributed by atoms with Gasteiger partial charge in [-0.3, -0.25) is 9.69 Å². The summed E-state index contributed by atoms with van der Waals surface area (Å²) in [5.41, 5.74) is -1.12. The summed E-state index contributed by atoms with van der Waals surface area (Å²) in [6.45, 7) is 0. The van der Waals surface area contributed by atoms with E-state index in [9.17, 15) is 18.0 Å². The van der Waals surface area contributed by atoms with Gasteiger partial charge in [-0.2, -0.15) is 13.2 Å². The number of nitrogens with zero attached hydrogens (tertiary/aromatic N) is 1. The molecule has 1 aliphatic rings. The van der Waals surface area contributed by atoms with E-state index < -0.39 is 23.6 Å². The highest BCUT2D eigenvalue weighted by molar-refractivity contribution is 5.78. The summed E-state index contributed by atoms with van der Waals surface area (Å²) >= 11 is 0. The lowest BCUT2D eigenvalue weighted by Crippen LogP contribution is -2.54. The molecule has 0 aliphatic heterocycles. The van der Waals surface area contributed by atoms with Crippen molar-refractivity contribution >= 4 is 5.97 Å². The van der Waals surface area contributed by atoms with E-state index in [4.69, 9.17) is 5.11 Å². The monoisotopic (exact) mass is 239 g/mol. The van der Waals surface area contributed by atoms with Gasteiger partial charge in [0.2, 0.25) is 0 Å². The molecule has 0 saturated heterocycles. The number of rotatable bonds is 2. The number of alkyl halides is 3. The summed E-state index contributed by atoms with van der Waals surface area (Å²) in [6, 6.07) is 0. The second-order valence-corrected chi connectivity index (χ2v) is 4.55. The van der Waals surface area contributed by atoms with Gasteiger partial charge in [-0.25, -0.2) is 0 Å². The molecular formula is C10H16F3NO2. The highest BCUT2D eigenvalue weighted by Gasteiger charge is 2.50. The molecule has 0 amide bonds. The van der Waals surface area contributed by atoms with Gasteiger partial charge in [-0.1, -0.05) is 0 Å². The van der Waals surface area contributed by atoms with Crippen LogP contribution in [-0.4, -0.2) is 41.8 Å². The molecular weight excluding hydrogens is 223 g/mol. The van der Waals surface area contributed by atoms with Crippen molar-refractivity contribution in [2.75, 3.05) is 14.1 Å². The SMILES string of the molecule is CN(C)C1(C(=O)O)CCC(C(F)(F)F)CC1. The Balaban J connectivity index is 2.75. The number of carboxylic acid groups (broad SMARTS) is 1. The number of likely N-dealkylation sites (N-methyl/N-ethyl adjacent to an activating group) is 1. The van der Waals surface area contributed by atoms with E-state index in [-0.39, 0.29) is 25.7 Å². The van der Waals surface area contributed by atoms with Gasteiger partial charge in [0, 0.05) is 0 Å². The Morgan fingerprint density at radius 2 is 1.75 bits per heavy atom. The van der Waals surface area contributed by atoms with Crippen LogP contribution >= 0.6 is 0 Å². The predicted molar refractivity (Wildman–Crippen MR) is 52.1 cm³/mol. The lowest BCUT2D eigenvalue weighted by molar-refractivity contribution is -0.191. The second-order valence-electron chi connectivity index (χ2n) is 4.55. The van der Waals surface area contributed by atoms with E-state index in [1.807, 2.05) is 0 Å². The molecule has 0 radical (unpaired) electrons. The van der Waals surface area contributed by atoms with Crippen molar-refractivity contribution in [3.8, 4) is 0 Å². The molecule has 94 valence electrons. The maximum absolute atomic E-state index is 12.4. The molecule has 6 heteroatoms. The van der Waals surface area contributed by atoms with Gasteiger partial charge in [-0.05, 0) is 39.8 Å². The molecule has 0 spiro atoms. The molecule has 1 N–H and O–H groups in total. The van der Waals surface area contributed by atoms with Crippen LogP contribution in [0.25, 0.3) is 0 Å². The van der Waals surface area contributed by atoms with E-state index >= 15 is 0 Å². The maximum atomic E-state index is 12.4. The summed E-state index contributed by atoms with van der Waals surface area (Å²) in [5.74, 6) is -2.38. The second kappa shape index (κ2) is 4.24. The molecule has 1 saturated carbocycles. The smallest absolute Gasteiger partial charge is 0.391 e. The van der Waals surface area contributed by atoms with Crippen LogP contribution < -0.4 is 0 Å². The Kier molecular flexibility index (Phi) is 3.52. The van der Waals surface area contributed by atoms with Crippen molar-refractivity contribution in [3.63, 3.8) is 0 Å². The van der Waals surface area contributed by atoms with Crippen LogP contribution in [0.4, 0.5) is 13.2 Å².